The molecule has 0 aliphatic carbocycles. The van der Waals surface area contributed by atoms with Crippen LogP contribution in [0.1, 0.15) is 28.4 Å². The van der Waals surface area contributed by atoms with Gasteiger partial charge in [-0.25, -0.2) is 4.79 Å². The van der Waals surface area contributed by atoms with Crippen LogP contribution in [0.5, 0.6) is 0 Å². The van der Waals surface area contributed by atoms with Crippen LogP contribution in [0.2, 0.25) is 0 Å². The molecule has 152 valence electrons. The molecular weight excluding hydrogens is 382 g/mol. The van der Waals surface area contributed by atoms with Crippen LogP contribution in [0.25, 0.3) is 23.2 Å². The van der Waals surface area contributed by atoms with Crippen molar-refractivity contribution in [3.8, 4) is 17.1 Å². The van der Waals surface area contributed by atoms with Gasteiger partial charge < -0.3 is 13.8 Å². The van der Waals surface area contributed by atoms with E-state index in [2.05, 4.69) is 10.3 Å². The van der Waals surface area contributed by atoms with Crippen molar-refractivity contribution in [3.05, 3.63) is 83.0 Å². The van der Waals surface area contributed by atoms with Gasteiger partial charge in [-0.1, -0.05) is 40.6 Å². The topological polar surface area (TPSA) is 83.3 Å². The molecule has 3 heterocycles. The molecule has 0 amide bonds. The second-order valence-corrected chi connectivity index (χ2v) is 6.95. The number of nitrogens with zero attached hydrogens (tertiary/aromatic N) is 3. The normalized spacial score (nSPS) is 11.3. The van der Waals surface area contributed by atoms with Crippen molar-refractivity contribution in [1.82, 2.24) is 14.9 Å². The van der Waals surface area contributed by atoms with E-state index in [0.29, 0.717) is 17.3 Å². The van der Waals surface area contributed by atoms with E-state index in [9.17, 15) is 4.79 Å². The summed E-state index contributed by atoms with van der Waals surface area (Å²) in [5.41, 5.74) is 4.31. The van der Waals surface area contributed by atoms with E-state index in [1.165, 1.54) is 6.08 Å². The van der Waals surface area contributed by atoms with E-state index in [1.54, 1.807) is 12.1 Å². The summed E-state index contributed by atoms with van der Waals surface area (Å²) in [6.45, 7) is 5.82. The molecule has 0 aliphatic heterocycles. The summed E-state index contributed by atoms with van der Waals surface area (Å²) in [5, 5.41) is 8.01. The SMILES string of the molecule is Cc1cc(-n2c(C)cc(/C=C/C(=O)OCc3cc(-c4ccccc4)on3)c2C)no1. The molecule has 0 N–H and O–H groups in total. The Morgan fingerprint density at radius 1 is 1.07 bits per heavy atom. The zero-order chi connectivity index (χ0) is 21.1. The molecular formula is C23H21N3O4. The van der Waals surface area contributed by atoms with Crippen molar-refractivity contribution in [2.75, 3.05) is 0 Å². The number of aryl methyl sites for hydroxylation is 2. The van der Waals surface area contributed by atoms with Crippen LogP contribution in [0.3, 0.4) is 0 Å². The molecule has 0 radical (unpaired) electrons. The van der Waals surface area contributed by atoms with Crippen LogP contribution in [0.4, 0.5) is 0 Å². The number of aromatic nitrogens is 3. The van der Waals surface area contributed by atoms with Crippen molar-refractivity contribution >= 4 is 12.0 Å². The number of benzene rings is 1. The molecule has 30 heavy (non-hydrogen) atoms. The lowest BCUT2D eigenvalue weighted by Crippen LogP contribution is -2.01. The summed E-state index contributed by atoms with van der Waals surface area (Å²) >= 11 is 0. The summed E-state index contributed by atoms with van der Waals surface area (Å²) in [6.07, 6.45) is 3.13. The fraction of sp³-hybridized carbons (Fsp3) is 0.174. The molecule has 7 heteroatoms. The van der Waals surface area contributed by atoms with Gasteiger partial charge in [0.1, 0.15) is 18.1 Å². The number of carbonyl (C=O) groups excluding carboxylic acids is 1. The zero-order valence-corrected chi connectivity index (χ0v) is 17.0. The van der Waals surface area contributed by atoms with E-state index >= 15 is 0 Å². The number of hydrogen-bond donors (Lipinski definition) is 0. The molecule has 7 nitrogen and oxygen atoms in total. The number of hydrogen-bond acceptors (Lipinski definition) is 6. The maximum atomic E-state index is 12.1. The Balaban J connectivity index is 1.40. The lowest BCUT2D eigenvalue weighted by molar-refractivity contribution is -0.139. The Bertz CT molecular complexity index is 1200. The van der Waals surface area contributed by atoms with Crippen LogP contribution >= 0.6 is 0 Å². The first-order valence-electron chi connectivity index (χ1n) is 9.50. The minimum absolute atomic E-state index is 0.0384. The Hall–Kier alpha value is -3.87. The largest absolute Gasteiger partial charge is 0.456 e. The van der Waals surface area contributed by atoms with Gasteiger partial charge in [-0.2, -0.15) is 0 Å². The van der Waals surface area contributed by atoms with Gasteiger partial charge in [0.15, 0.2) is 11.6 Å². The lowest BCUT2D eigenvalue weighted by atomic mass is 10.2. The molecule has 0 spiro atoms. The molecule has 0 aliphatic rings. The number of carbonyl (C=O) groups is 1. The van der Waals surface area contributed by atoms with Gasteiger partial charge in [0, 0.05) is 35.2 Å². The number of rotatable bonds is 6. The molecule has 0 unspecified atom stereocenters. The predicted molar refractivity (Wildman–Crippen MR) is 111 cm³/mol. The minimum Gasteiger partial charge on any atom is -0.456 e. The summed E-state index contributed by atoms with van der Waals surface area (Å²) in [5.74, 6) is 1.63. The molecule has 1 aromatic carbocycles. The highest BCUT2D eigenvalue weighted by molar-refractivity contribution is 5.87. The van der Waals surface area contributed by atoms with Crippen molar-refractivity contribution in [2.45, 2.75) is 27.4 Å². The van der Waals surface area contributed by atoms with Crippen LogP contribution in [-0.4, -0.2) is 20.8 Å². The third kappa shape index (κ3) is 4.10. The fourth-order valence-corrected chi connectivity index (χ4v) is 3.24. The van der Waals surface area contributed by atoms with Crippen LogP contribution < -0.4 is 0 Å². The van der Waals surface area contributed by atoms with Gasteiger partial charge in [0.25, 0.3) is 0 Å². The highest BCUT2D eigenvalue weighted by Crippen LogP contribution is 2.22. The highest BCUT2D eigenvalue weighted by Gasteiger charge is 2.13. The van der Waals surface area contributed by atoms with E-state index < -0.39 is 5.97 Å². The quantitative estimate of drug-likeness (QED) is 0.340. The molecule has 0 fully saturated rings. The average Bonchev–Trinajstić information content (AvgIpc) is 3.45. The Morgan fingerprint density at radius 3 is 2.60 bits per heavy atom. The van der Waals surface area contributed by atoms with Gasteiger partial charge in [-0.15, -0.1) is 0 Å². The zero-order valence-electron chi connectivity index (χ0n) is 17.0. The molecule has 0 saturated carbocycles. The van der Waals surface area contributed by atoms with E-state index in [4.69, 9.17) is 13.8 Å². The lowest BCUT2D eigenvalue weighted by Gasteiger charge is -2.03. The highest BCUT2D eigenvalue weighted by atomic mass is 16.5. The summed E-state index contributed by atoms with van der Waals surface area (Å²) in [4.78, 5) is 12.1. The summed E-state index contributed by atoms with van der Waals surface area (Å²) in [7, 11) is 0. The number of ether oxygens (including phenoxy) is 1. The number of esters is 1. The van der Waals surface area contributed by atoms with Crippen molar-refractivity contribution in [2.24, 2.45) is 0 Å². The molecule has 4 rings (SSSR count). The van der Waals surface area contributed by atoms with Gasteiger partial charge in [-0.05, 0) is 38.5 Å². The van der Waals surface area contributed by atoms with Gasteiger partial charge in [0.2, 0.25) is 0 Å². The van der Waals surface area contributed by atoms with Crippen LogP contribution in [-0.2, 0) is 16.1 Å². The van der Waals surface area contributed by atoms with E-state index in [1.807, 2.05) is 67.8 Å². The maximum absolute atomic E-state index is 12.1. The van der Waals surface area contributed by atoms with Gasteiger partial charge >= 0.3 is 5.97 Å². The first-order chi connectivity index (χ1) is 14.5. The summed E-state index contributed by atoms with van der Waals surface area (Å²) < 4.78 is 17.7. The van der Waals surface area contributed by atoms with Crippen molar-refractivity contribution < 1.29 is 18.6 Å². The monoisotopic (exact) mass is 403 g/mol. The second-order valence-electron chi connectivity index (χ2n) is 6.95. The predicted octanol–water partition coefficient (Wildman–Crippen LogP) is 4.80. The summed E-state index contributed by atoms with van der Waals surface area (Å²) in [6, 6.07) is 15.2. The third-order valence-electron chi connectivity index (χ3n) is 4.69. The smallest absolute Gasteiger partial charge is 0.331 e. The van der Waals surface area contributed by atoms with Gasteiger partial charge in [-0.3, -0.25) is 4.57 Å². The Labute approximate surface area is 173 Å². The molecule has 0 atom stereocenters. The minimum atomic E-state index is -0.457. The van der Waals surface area contributed by atoms with Crippen LogP contribution in [0, 0.1) is 20.8 Å². The van der Waals surface area contributed by atoms with Gasteiger partial charge in [0.05, 0.1) is 0 Å². The van der Waals surface area contributed by atoms with E-state index in [0.717, 1.165) is 28.3 Å². The first kappa shape index (κ1) is 19.4. The van der Waals surface area contributed by atoms with E-state index in [-0.39, 0.29) is 6.61 Å². The Kier molecular flexibility index (Phi) is 5.34. The standard InChI is InChI=1S/C23H21N3O4/c1-15-11-19(17(3)26(15)22-12-16(2)29-25-22)9-10-23(27)28-14-20-13-21(30-24-20)18-7-5-4-6-8-18/h4-13H,14H2,1-3H3/b10-9+. The first-order valence-corrected chi connectivity index (χ1v) is 9.50. The molecule has 4 aromatic rings. The second kappa shape index (κ2) is 8.24. The molecule has 3 aromatic heterocycles. The fourth-order valence-electron chi connectivity index (χ4n) is 3.24. The van der Waals surface area contributed by atoms with Crippen molar-refractivity contribution in [1.29, 1.82) is 0 Å². The Morgan fingerprint density at radius 2 is 1.87 bits per heavy atom. The molecule has 0 bridgehead atoms. The van der Waals surface area contributed by atoms with Crippen LogP contribution in [0.15, 0.2) is 63.7 Å². The maximum Gasteiger partial charge on any atom is 0.331 e. The average molecular weight is 403 g/mol. The molecule has 0 saturated heterocycles. The third-order valence-corrected chi connectivity index (χ3v) is 4.69. The van der Waals surface area contributed by atoms with Crippen molar-refractivity contribution in [3.63, 3.8) is 0 Å².